The summed E-state index contributed by atoms with van der Waals surface area (Å²) in [5.41, 5.74) is 2.79. The van der Waals surface area contributed by atoms with Gasteiger partial charge < -0.3 is 16.0 Å². The standard InChI is InChI=1S/C14H19N3O2/c1-3-11(2)8-16-14(19)17-13-6-4-12(5-7-13)9-15-10-18/h3-7,10H,8-9H2,1-2H3,(H,15,18)(H2,16,17,19)/b11-3+. The first-order valence-electron chi connectivity index (χ1n) is 6.08. The van der Waals surface area contributed by atoms with Crippen molar-refractivity contribution in [1.29, 1.82) is 0 Å². The number of allylic oxidation sites excluding steroid dienone is 1. The fraction of sp³-hybridized carbons (Fsp3) is 0.286. The van der Waals surface area contributed by atoms with Crippen molar-refractivity contribution in [3.8, 4) is 0 Å². The van der Waals surface area contributed by atoms with E-state index in [4.69, 9.17) is 0 Å². The topological polar surface area (TPSA) is 70.2 Å². The van der Waals surface area contributed by atoms with Crippen molar-refractivity contribution >= 4 is 18.1 Å². The van der Waals surface area contributed by atoms with E-state index in [9.17, 15) is 9.59 Å². The van der Waals surface area contributed by atoms with Gasteiger partial charge in [0, 0.05) is 18.8 Å². The summed E-state index contributed by atoms with van der Waals surface area (Å²) in [6.45, 7) is 4.90. The number of benzene rings is 1. The molecule has 0 unspecified atom stereocenters. The van der Waals surface area contributed by atoms with Gasteiger partial charge in [-0.3, -0.25) is 4.79 Å². The molecular weight excluding hydrogens is 242 g/mol. The first-order valence-corrected chi connectivity index (χ1v) is 6.08. The van der Waals surface area contributed by atoms with E-state index in [0.29, 0.717) is 25.2 Å². The van der Waals surface area contributed by atoms with Crippen LogP contribution in [0.25, 0.3) is 0 Å². The summed E-state index contributed by atoms with van der Waals surface area (Å²) in [7, 11) is 0. The second-order valence-electron chi connectivity index (χ2n) is 4.14. The highest BCUT2D eigenvalue weighted by atomic mass is 16.2. The SMILES string of the molecule is C/C=C(\C)CNC(=O)Nc1ccc(CNC=O)cc1. The van der Waals surface area contributed by atoms with E-state index in [1.165, 1.54) is 0 Å². The van der Waals surface area contributed by atoms with Crippen molar-refractivity contribution in [1.82, 2.24) is 10.6 Å². The fourth-order valence-corrected chi connectivity index (χ4v) is 1.36. The molecule has 102 valence electrons. The molecule has 0 saturated heterocycles. The van der Waals surface area contributed by atoms with Crippen LogP contribution >= 0.6 is 0 Å². The average Bonchev–Trinajstić information content (AvgIpc) is 2.44. The number of carbonyl (C=O) groups excluding carboxylic acids is 2. The van der Waals surface area contributed by atoms with Crippen molar-refractivity contribution < 1.29 is 9.59 Å². The molecule has 0 atom stereocenters. The van der Waals surface area contributed by atoms with Gasteiger partial charge in [-0.25, -0.2) is 4.79 Å². The molecule has 3 N–H and O–H groups in total. The number of carbonyl (C=O) groups is 2. The zero-order valence-electron chi connectivity index (χ0n) is 11.2. The van der Waals surface area contributed by atoms with Crippen LogP contribution in [0.2, 0.25) is 0 Å². The van der Waals surface area contributed by atoms with E-state index in [1.807, 2.05) is 32.1 Å². The highest BCUT2D eigenvalue weighted by Gasteiger charge is 2.01. The lowest BCUT2D eigenvalue weighted by atomic mass is 10.2. The zero-order chi connectivity index (χ0) is 14.1. The van der Waals surface area contributed by atoms with Crippen LogP contribution in [0.15, 0.2) is 35.9 Å². The molecule has 1 aromatic rings. The van der Waals surface area contributed by atoms with Crippen molar-refractivity contribution in [2.45, 2.75) is 20.4 Å². The van der Waals surface area contributed by atoms with E-state index < -0.39 is 0 Å². The summed E-state index contributed by atoms with van der Waals surface area (Å²) in [6.07, 6.45) is 2.61. The molecule has 5 heteroatoms. The molecule has 0 aliphatic carbocycles. The molecule has 0 aliphatic rings. The summed E-state index contributed by atoms with van der Waals surface area (Å²) in [5.74, 6) is 0. The number of hydrogen-bond donors (Lipinski definition) is 3. The average molecular weight is 261 g/mol. The quantitative estimate of drug-likeness (QED) is 0.541. The Morgan fingerprint density at radius 2 is 1.95 bits per heavy atom. The Bertz CT molecular complexity index is 452. The van der Waals surface area contributed by atoms with Crippen molar-refractivity contribution in [2.24, 2.45) is 0 Å². The lowest BCUT2D eigenvalue weighted by Crippen LogP contribution is -2.29. The molecule has 0 fully saturated rings. The van der Waals surface area contributed by atoms with Crippen LogP contribution in [-0.4, -0.2) is 19.0 Å². The third-order valence-electron chi connectivity index (χ3n) is 2.62. The van der Waals surface area contributed by atoms with Gasteiger partial charge in [-0.1, -0.05) is 23.8 Å². The number of urea groups is 1. The number of nitrogens with one attached hydrogen (secondary N) is 3. The van der Waals surface area contributed by atoms with Crippen molar-refractivity contribution in [2.75, 3.05) is 11.9 Å². The van der Waals surface area contributed by atoms with E-state index in [-0.39, 0.29) is 6.03 Å². The molecule has 19 heavy (non-hydrogen) atoms. The van der Waals surface area contributed by atoms with Gasteiger partial charge in [-0.05, 0) is 31.5 Å². The van der Waals surface area contributed by atoms with Crippen LogP contribution in [0.5, 0.6) is 0 Å². The van der Waals surface area contributed by atoms with E-state index in [1.54, 1.807) is 12.1 Å². The van der Waals surface area contributed by atoms with Crippen LogP contribution < -0.4 is 16.0 Å². The maximum Gasteiger partial charge on any atom is 0.319 e. The zero-order valence-corrected chi connectivity index (χ0v) is 11.2. The summed E-state index contributed by atoms with van der Waals surface area (Å²) in [4.78, 5) is 21.7. The molecule has 0 radical (unpaired) electrons. The van der Waals surface area contributed by atoms with E-state index in [0.717, 1.165) is 11.1 Å². The van der Waals surface area contributed by atoms with Crippen LogP contribution in [-0.2, 0) is 11.3 Å². The van der Waals surface area contributed by atoms with E-state index in [2.05, 4.69) is 16.0 Å². The molecule has 0 aromatic heterocycles. The Morgan fingerprint density at radius 3 is 2.53 bits per heavy atom. The van der Waals surface area contributed by atoms with Crippen LogP contribution in [0.1, 0.15) is 19.4 Å². The van der Waals surface area contributed by atoms with Crippen LogP contribution in [0.3, 0.4) is 0 Å². The molecule has 0 heterocycles. The van der Waals surface area contributed by atoms with Gasteiger partial charge in [0.2, 0.25) is 6.41 Å². The van der Waals surface area contributed by atoms with Crippen LogP contribution in [0.4, 0.5) is 10.5 Å². The molecule has 0 saturated carbocycles. The Balaban J connectivity index is 2.44. The van der Waals surface area contributed by atoms with Gasteiger partial charge in [0.25, 0.3) is 0 Å². The maximum atomic E-state index is 11.6. The summed E-state index contributed by atoms with van der Waals surface area (Å²) < 4.78 is 0. The van der Waals surface area contributed by atoms with E-state index >= 15 is 0 Å². The first-order chi connectivity index (χ1) is 9.15. The Kier molecular flexibility index (Phi) is 6.15. The highest BCUT2D eigenvalue weighted by molar-refractivity contribution is 5.89. The molecule has 3 amide bonds. The minimum Gasteiger partial charge on any atom is -0.355 e. The summed E-state index contributed by atoms with van der Waals surface area (Å²) in [6, 6.07) is 7.06. The first kappa shape index (κ1) is 14.8. The van der Waals surface area contributed by atoms with Crippen molar-refractivity contribution in [3.63, 3.8) is 0 Å². The highest BCUT2D eigenvalue weighted by Crippen LogP contribution is 2.09. The lowest BCUT2D eigenvalue weighted by Gasteiger charge is -2.08. The lowest BCUT2D eigenvalue weighted by molar-refractivity contribution is -0.109. The second-order valence-corrected chi connectivity index (χ2v) is 4.14. The molecular formula is C14H19N3O2. The minimum absolute atomic E-state index is 0.236. The van der Waals surface area contributed by atoms with Gasteiger partial charge in [0.1, 0.15) is 0 Å². The Hall–Kier alpha value is -2.30. The van der Waals surface area contributed by atoms with Gasteiger partial charge in [0.15, 0.2) is 0 Å². The predicted octanol–water partition coefficient (Wildman–Crippen LogP) is 2.02. The second kappa shape index (κ2) is 7.92. The molecule has 5 nitrogen and oxygen atoms in total. The Labute approximate surface area is 113 Å². The molecule has 1 rings (SSSR count). The maximum absolute atomic E-state index is 11.6. The molecule has 1 aromatic carbocycles. The van der Waals surface area contributed by atoms with Gasteiger partial charge in [-0.2, -0.15) is 0 Å². The summed E-state index contributed by atoms with van der Waals surface area (Å²) in [5, 5.41) is 8.07. The fourth-order valence-electron chi connectivity index (χ4n) is 1.36. The number of amides is 3. The normalized spacial score (nSPS) is 10.7. The molecule has 0 bridgehead atoms. The number of rotatable bonds is 6. The predicted molar refractivity (Wildman–Crippen MR) is 75.8 cm³/mol. The minimum atomic E-state index is -0.236. The monoisotopic (exact) mass is 261 g/mol. The smallest absolute Gasteiger partial charge is 0.319 e. The van der Waals surface area contributed by atoms with Gasteiger partial charge in [-0.15, -0.1) is 0 Å². The van der Waals surface area contributed by atoms with Gasteiger partial charge in [0.05, 0.1) is 0 Å². The molecule has 0 spiro atoms. The molecule has 0 aliphatic heterocycles. The van der Waals surface area contributed by atoms with Crippen molar-refractivity contribution in [3.05, 3.63) is 41.5 Å². The number of anilines is 1. The third-order valence-corrected chi connectivity index (χ3v) is 2.62. The summed E-state index contributed by atoms with van der Waals surface area (Å²) >= 11 is 0. The largest absolute Gasteiger partial charge is 0.355 e. The van der Waals surface area contributed by atoms with Gasteiger partial charge >= 0.3 is 6.03 Å². The number of hydrogen-bond acceptors (Lipinski definition) is 2. The van der Waals surface area contributed by atoms with Crippen LogP contribution in [0, 0.1) is 0 Å². The third kappa shape index (κ3) is 5.72. The Morgan fingerprint density at radius 1 is 1.26 bits per heavy atom.